The number of aliphatic hydroxyl groups is 1. The Morgan fingerprint density at radius 1 is 1.39 bits per heavy atom. The molecular formula is C12H21NO5. The second kappa shape index (κ2) is 4.42. The number of hydrogen-bond acceptors (Lipinski definition) is 4. The van der Waals surface area contributed by atoms with Gasteiger partial charge in [0.1, 0.15) is 11.6 Å². The third-order valence-electron chi connectivity index (χ3n) is 3.16. The van der Waals surface area contributed by atoms with Crippen LogP contribution < -0.4 is 0 Å². The summed E-state index contributed by atoms with van der Waals surface area (Å²) in [7, 11) is 0. The van der Waals surface area contributed by atoms with Gasteiger partial charge in [-0.15, -0.1) is 0 Å². The second-order valence-corrected chi connectivity index (χ2v) is 6.04. The quantitative estimate of drug-likeness (QED) is 0.735. The number of carboxylic acid groups (broad SMARTS) is 1. The Morgan fingerprint density at radius 2 is 1.89 bits per heavy atom. The molecular weight excluding hydrogens is 238 g/mol. The van der Waals surface area contributed by atoms with Crippen molar-refractivity contribution in [2.75, 3.05) is 6.54 Å². The number of amides is 1. The van der Waals surface area contributed by atoms with Gasteiger partial charge >= 0.3 is 12.1 Å². The summed E-state index contributed by atoms with van der Waals surface area (Å²) >= 11 is 0. The Balaban J connectivity index is 2.94. The zero-order valence-corrected chi connectivity index (χ0v) is 11.4. The van der Waals surface area contributed by atoms with Crippen LogP contribution in [0, 0.1) is 5.92 Å². The van der Waals surface area contributed by atoms with Crippen LogP contribution in [0.2, 0.25) is 0 Å². The van der Waals surface area contributed by atoms with Crippen molar-refractivity contribution in [1.29, 1.82) is 0 Å². The van der Waals surface area contributed by atoms with Crippen LogP contribution >= 0.6 is 0 Å². The van der Waals surface area contributed by atoms with Crippen LogP contribution in [0.3, 0.4) is 0 Å². The van der Waals surface area contributed by atoms with E-state index in [1.807, 2.05) is 0 Å². The average molecular weight is 259 g/mol. The maximum absolute atomic E-state index is 11.9. The van der Waals surface area contributed by atoms with Gasteiger partial charge in [-0.25, -0.2) is 9.59 Å². The molecule has 0 unspecified atom stereocenters. The van der Waals surface area contributed by atoms with Gasteiger partial charge in [0, 0.05) is 5.92 Å². The van der Waals surface area contributed by atoms with Crippen LogP contribution in [0.1, 0.15) is 34.6 Å². The number of aliphatic carboxylic acids is 1. The SMILES string of the molecule is C[C@@H]1[C@@H](C(=O)O)N(C(=O)OC(C)(C)C)C[C@]1(C)O. The zero-order chi connectivity index (χ0) is 14.3. The lowest BCUT2D eigenvalue weighted by atomic mass is 9.90. The van der Waals surface area contributed by atoms with Crippen LogP contribution in [-0.2, 0) is 9.53 Å². The van der Waals surface area contributed by atoms with E-state index in [4.69, 9.17) is 4.74 Å². The van der Waals surface area contributed by atoms with Crippen molar-refractivity contribution in [1.82, 2.24) is 4.90 Å². The number of rotatable bonds is 1. The van der Waals surface area contributed by atoms with Crippen molar-refractivity contribution < 1.29 is 24.5 Å². The molecule has 0 bridgehead atoms. The Kier molecular flexibility index (Phi) is 3.63. The topological polar surface area (TPSA) is 87.1 Å². The number of hydrogen-bond donors (Lipinski definition) is 2. The highest BCUT2D eigenvalue weighted by atomic mass is 16.6. The lowest BCUT2D eigenvalue weighted by molar-refractivity contribution is -0.143. The number of carboxylic acids is 1. The van der Waals surface area contributed by atoms with Gasteiger partial charge in [0.25, 0.3) is 0 Å². The van der Waals surface area contributed by atoms with E-state index in [2.05, 4.69) is 0 Å². The molecule has 0 radical (unpaired) electrons. The molecule has 6 heteroatoms. The van der Waals surface area contributed by atoms with Gasteiger partial charge < -0.3 is 14.9 Å². The summed E-state index contributed by atoms with van der Waals surface area (Å²) < 4.78 is 5.16. The fraction of sp³-hybridized carbons (Fsp3) is 0.833. The predicted molar refractivity (Wildman–Crippen MR) is 64.2 cm³/mol. The van der Waals surface area contributed by atoms with Crippen LogP contribution in [-0.4, -0.2) is 51.0 Å². The highest BCUT2D eigenvalue weighted by Crippen LogP contribution is 2.34. The van der Waals surface area contributed by atoms with Crippen LogP contribution in [0.4, 0.5) is 4.79 Å². The minimum absolute atomic E-state index is 0.0416. The van der Waals surface area contributed by atoms with E-state index in [0.717, 1.165) is 4.90 Å². The fourth-order valence-corrected chi connectivity index (χ4v) is 2.04. The predicted octanol–water partition coefficient (Wildman–Crippen LogP) is 1.08. The first-order valence-corrected chi connectivity index (χ1v) is 5.90. The molecule has 0 aromatic rings. The maximum Gasteiger partial charge on any atom is 0.411 e. The average Bonchev–Trinajstić information content (AvgIpc) is 2.35. The molecule has 104 valence electrons. The van der Waals surface area contributed by atoms with Gasteiger partial charge in [-0.05, 0) is 27.7 Å². The number of ether oxygens (including phenoxy) is 1. The molecule has 1 saturated heterocycles. The number of β-amino-alcohol motifs (C(OH)–C–C–N with tert-alkyl or cyclic N) is 1. The number of nitrogens with zero attached hydrogens (tertiary/aromatic N) is 1. The summed E-state index contributed by atoms with van der Waals surface area (Å²) in [5.74, 6) is -1.69. The van der Waals surface area contributed by atoms with Crippen LogP contribution in [0.5, 0.6) is 0 Å². The second-order valence-electron chi connectivity index (χ2n) is 6.04. The fourth-order valence-electron chi connectivity index (χ4n) is 2.04. The van der Waals surface area contributed by atoms with Crippen molar-refractivity contribution in [3.8, 4) is 0 Å². The maximum atomic E-state index is 11.9. The summed E-state index contributed by atoms with van der Waals surface area (Å²) in [5.41, 5.74) is -1.92. The molecule has 1 rings (SSSR count). The van der Waals surface area contributed by atoms with Gasteiger partial charge in [0.2, 0.25) is 0 Å². The first kappa shape index (κ1) is 14.8. The van der Waals surface area contributed by atoms with Gasteiger partial charge in [-0.2, -0.15) is 0 Å². The molecule has 1 heterocycles. The Bertz CT molecular complexity index is 358. The van der Waals surface area contributed by atoms with Gasteiger partial charge in [0.15, 0.2) is 0 Å². The highest BCUT2D eigenvalue weighted by molar-refractivity contribution is 5.81. The molecule has 0 spiro atoms. The Hall–Kier alpha value is -1.30. The van der Waals surface area contributed by atoms with Crippen LogP contribution in [0.25, 0.3) is 0 Å². The highest BCUT2D eigenvalue weighted by Gasteiger charge is 2.52. The minimum Gasteiger partial charge on any atom is -0.480 e. The monoisotopic (exact) mass is 259 g/mol. The van der Waals surface area contributed by atoms with Crippen molar-refractivity contribution in [3.63, 3.8) is 0 Å². The van der Waals surface area contributed by atoms with E-state index in [-0.39, 0.29) is 6.54 Å². The first-order chi connectivity index (χ1) is 7.96. The Morgan fingerprint density at radius 3 is 2.28 bits per heavy atom. The molecule has 6 nitrogen and oxygen atoms in total. The largest absolute Gasteiger partial charge is 0.480 e. The van der Waals surface area contributed by atoms with Crippen molar-refractivity contribution >= 4 is 12.1 Å². The van der Waals surface area contributed by atoms with Gasteiger partial charge in [-0.1, -0.05) is 6.92 Å². The van der Waals surface area contributed by atoms with Crippen molar-refractivity contribution in [2.45, 2.75) is 51.9 Å². The molecule has 1 aliphatic rings. The lowest BCUT2D eigenvalue weighted by Gasteiger charge is -2.27. The standard InChI is InChI=1S/C12H21NO5/c1-7-8(9(14)15)13(6-12(7,5)17)10(16)18-11(2,3)4/h7-8,17H,6H2,1-5H3,(H,14,15)/t7-,8+,12+/m1/s1. The summed E-state index contributed by atoms with van der Waals surface area (Å²) in [5, 5.41) is 19.3. The van der Waals surface area contributed by atoms with E-state index in [9.17, 15) is 19.8 Å². The molecule has 3 atom stereocenters. The molecule has 1 aliphatic heterocycles. The molecule has 0 aromatic heterocycles. The lowest BCUT2D eigenvalue weighted by Crippen LogP contribution is -2.45. The van der Waals surface area contributed by atoms with Crippen molar-refractivity contribution in [2.24, 2.45) is 5.92 Å². The smallest absolute Gasteiger partial charge is 0.411 e. The molecule has 1 amide bonds. The third kappa shape index (κ3) is 2.93. The number of likely N-dealkylation sites (tertiary alicyclic amines) is 1. The summed E-state index contributed by atoms with van der Waals surface area (Å²) in [6.45, 7) is 8.22. The summed E-state index contributed by atoms with van der Waals surface area (Å²) in [4.78, 5) is 24.2. The van der Waals surface area contributed by atoms with Gasteiger partial charge in [0.05, 0.1) is 12.1 Å². The molecule has 2 N–H and O–H groups in total. The summed E-state index contributed by atoms with van der Waals surface area (Å²) in [6.07, 6.45) is -0.709. The van der Waals surface area contributed by atoms with E-state index in [1.165, 1.54) is 6.92 Å². The van der Waals surface area contributed by atoms with Crippen LogP contribution in [0.15, 0.2) is 0 Å². The van der Waals surface area contributed by atoms with E-state index in [1.54, 1.807) is 27.7 Å². The molecule has 0 saturated carbocycles. The third-order valence-corrected chi connectivity index (χ3v) is 3.16. The van der Waals surface area contributed by atoms with Crippen molar-refractivity contribution in [3.05, 3.63) is 0 Å². The zero-order valence-electron chi connectivity index (χ0n) is 11.4. The van der Waals surface area contributed by atoms with Gasteiger partial charge in [-0.3, -0.25) is 4.90 Å². The molecule has 0 aromatic carbocycles. The van der Waals surface area contributed by atoms with E-state index >= 15 is 0 Å². The number of carbonyl (C=O) groups is 2. The van der Waals surface area contributed by atoms with E-state index in [0.29, 0.717) is 0 Å². The Labute approximate surface area is 107 Å². The molecule has 1 fully saturated rings. The summed E-state index contributed by atoms with van der Waals surface area (Å²) in [6, 6.07) is -1.06. The number of carbonyl (C=O) groups excluding carboxylic acids is 1. The minimum atomic E-state index is -1.22. The first-order valence-electron chi connectivity index (χ1n) is 5.90. The normalized spacial score (nSPS) is 32.4. The molecule has 18 heavy (non-hydrogen) atoms. The molecule has 0 aliphatic carbocycles. The van der Waals surface area contributed by atoms with E-state index < -0.39 is 35.2 Å².